The molecule has 4 rings (SSSR count). The first-order valence-corrected chi connectivity index (χ1v) is 10.7. The molecule has 1 aliphatic heterocycles. The van der Waals surface area contributed by atoms with Gasteiger partial charge in [-0.3, -0.25) is 9.59 Å². The third-order valence-corrected chi connectivity index (χ3v) is 5.37. The van der Waals surface area contributed by atoms with Crippen LogP contribution >= 0.6 is 0 Å². The number of fused-ring (bicyclic) bond motifs is 1. The van der Waals surface area contributed by atoms with E-state index in [9.17, 15) is 35.9 Å². The van der Waals surface area contributed by atoms with Crippen molar-refractivity contribution in [3.05, 3.63) is 65.2 Å². The van der Waals surface area contributed by atoms with Gasteiger partial charge in [0.2, 0.25) is 5.88 Å². The average Bonchev–Trinajstić information content (AvgIpc) is 3.30. The molecule has 0 saturated heterocycles. The fraction of sp³-hybridized carbons (Fsp3) is 0.261. The molecule has 0 aromatic carbocycles. The smallest absolute Gasteiger partial charge is 0.434 e. The van der Waals surface area contributed by atoms with E-state index in [0.717, 1.165) is 6.21 Å². The third-order valence-electron chi connectivity index (χ3n) is 5.37. The number of carbonyl (C=O) groups excluding carboxylic acids is 2. The molecular weight excluding hydrogens is 524 g/mol. The Morgan fingerprint density at radius 2 is 1.87 bits per heavy atom. The van der Waals surface area contributed by atoms with Crippen molar-refractivity contribution < 1.29 is 45.4 Å². The molecule has 0 radical (unpaired) electrons. The number of allylic oxidation sites excluding steroid dienone is 4. The maximum absolute atomic E-state index is 14.2. The quantitative estimate of drug-likeness (QED) is 0.417. The van der Waals surface area contributed by atoms with Gasteiger partial charge in [-0.1, -0.05) is 12.2 Å². The first-order chi connectivity index (χ1) is 17.9. The van der Waals surface area contributed by atoms with Crippen molar-refractivity contribution in [2.75, 3.05) is 25.6 Å². The third kappa shape index (κ3) is 5.37. The topological polar surface area (TPSA) is 108 Å². The highest BCUT2D eigenvalue weighted by atomic mass is 19.4. The van der Waals surface area contributed by atoms with Gasteiger partial charge in [0.25, 0.3) is 11.8 Å². The van der Waals surface area contributed by atoms with Crippen LogP contribution in [-0.2, 0) is 21.9 Å². The summed E-state index contributed by atoms with van der Waals surface area (Å²) in [6, 6.07) is 0.488. The number of rotatable bonds is 7. The number of aromatic nitrogens is 3. The number of aliphatic imine (C=N–C) groups is 1. The lowest BCUT2D eigenvalue weighted by molar-refractivity contribution is -0.143. The molecule has 15 heteroatoms. The Hall–Kier alpha value is -4.27. The zero-order valence-corrected chi connectivity index (χ0v) is 19.3. The molecule has 38 heavy (non-hydrogen) atoms. The number of methoxy groups -OCH3 is 1. The highest BCUT2D eigenvalue weighted by Gasteiger charge is 2.42. The summed E-state index contributed by atoms with van der Waals surface area (Å²) in [5.41, 5.74) is -4.33. The van der Waals surface area contributed by atoms with Gasteiger partial charge in [0.05, 0.1) is 35.5 Å². The molecule has 1 aliphatic carbocycles. The van der Waals surface area contributed by atoms with Gasteiger partial charge in [0, 0.05) is 19.5 Å². The molecule has 0 saturated carbocycles. The van der Waals surface area contributed by atoms with Crippen LogP contribution in [0.2, 0.25) is 0 Å². The molecule has 2 amide bonds. The standard InChI is InChI=1S/C23H17F6N5O4/c1-37-7-8-38-21-16(9-12(10-31-21)22(24,25)26)33-20(36)15-11-32-34(18(15)23(27,28)29)17-4-2-3-14-13(17)5-6-30-19(14)35/h2-6,9-11,14H,7-8H2,1H3,(H,33,36). The van der Waals surface area contributed by atoms with E-state index in [2.05, 4.69) is 15.1 Å². The highest BCUT2D eigenvalue weighted by molar-refractivity contribution is 6.06. The van der Waals surface area contributed by atoms with Gasteiger partial charge in [0.15, 0.2) is 5.69 Å². The predicted octanol–water partition coefficient (Wildman–Crippen LogP) is 4.16. The predicted molar refractivity (Wildman–Crippen MR) is 120 cm³/mol. The summed E-state index contributed by atoms with van der Waals surface area (Å²) in [4.78, 5) is 32.2. The first kappa shape index (κ1) is 26.8. The van der Waals surface area contributed by atoms with Gasteiger partial charge in [-0.15, -0.1) is 0 Å². The van der Waals surface area contributed by atoms with Crippen LogP contribution in [0.3, 0.4) is 0 Å². The number of halogens is 6. The van der Waals surface area contributed by atoms with E-state index in [1.54, 1.807) is 0 Å². The number of dihydropyridines is 1. The second kappa shape index (κ2) is 10.2. The monoisotopic (exact) mass is 541 g/mol. The number of anilines is 1. The summed E-state index contributed by atoms with van der Waals surface area (Å²) in [5.74, 6) is -3.41. The molecule has 2 aliphatic rings. The lowest BCUT2D eigenvalue weighted by Crippen LogP contribution is -2.25. The Labute approximate surface area is 210 Å². The van der Waals surface area contributed by atoms with Crippen molar-refractivity contribution in [3.8, 4) is 5.88 Å². The summed E-state index contributed by atoms with van der Waals surface area (Å²) < 4.78 is 92.8. The number of nitrogens with one attached hydrogen (secondary N) is 1. The summed E-state index contributed by atoms with van der Waals surface area (Å²) in [7, 11) is 1.34. The van der Waals surface area contributed by atoms with E-state index in [4.69, 9.17) is 9.47 Å². The fourth-order valence-electron chi connectivity index (χ4n) is 3.68. The summed E-state index contributed by atoms with van der Waals surface area (Å²) >= 11 is 0. The Morgan fingerprint density at radius 1 is 1.11 bits per heavy atom. The minimum Gasteiger partial charge on any atom is -0.474 e. The molecule has 200 valence electrons. The molecule has 1 atom stereocenters. The number of nitrogens with zero attached hydrogens (tertiary/aromatic N) is 4. The lowest BCUT2D eigenvalue weighted by Gasteiger charge is -2.23. The van der Waals surface area contributed by atoms with E-state index in [1.165, 1.54) is 31.4 Å². The fourth-order valence-corrected chi connectivity index (χ4v) is 3.68. The van der Waals surface area contributed by atoms with Gasteiger partial charge in [-0.25, -0.2) is 14.7 Å². The van der Waals surface area contributed by atoms with E-state index < -0.39 is 58.5 Å². The SMILES string of the molecule is COCCOc1ncc(C(F)(F)F)cc1NC(=O)c1cnn(C2=CC=CC3C(=O)N=CC=C23)c1C(F)(F)F. The molecule has 0 fully saturated rings. The molecule has 2 aromatic heterocycles. The number of pyridine rings is 1. The Bertz CT molecular complexity index is 1390. The van der Waals surface area contributed by atoms with Crippen molar-refractivity contribution in [1.29, 1.82) is 0 Å². The number of hydrogen-bond acceptors (Lipinski definition) is 6. The molecule has 2 aromatic rings. The highest BCUT2D eigenvalue weighted by Crippen LogP contribution is 2.39. The second-order valence-corrected chi connectivity index (χ2v) is 7.84. The van der Waals surface area contributed by atoms with Crippen LogP contribution in [0.4, 0.5) is 32.0 Å². The molecular formula is C23H17F6N5O4. The van der Waals surface area contributed by atoms with Crippen molar-refractivity contribution in [2.45, 2.75) is 12.4 Å². The van der Waals surface area contributed by atoms with Gasteiger partial charge in [-0.05, 0) is 23.8 Å². The number of hydrogen-bond donors (Lipinski definition) is 1. The molecule has 1 N–H and O–H groups in total. The zero-order chi connectivity index (χ0) is 27.7. The molecule has 1 unspecified atom stereocenters. The minimum atomic E-state index is -5.13. The maximum Gasteiger partial charge on any atom is 0.434 e. The minimum absolute atomic E-state index is 0.0225. The van der Waals surface area contributed by atoms with E-state index >= 15 is 0 Å². The van der Waals surface area contributed by atoms with Crippen LogP contribution < -0.4 is 10.1 Å². The normalized spacial score (nSPS) is 17.1. The van der Waals surface area contributed by atoms with E-state index in [0.29, 0.717) is 23.1 Å². The number of carbonyl (C=O) groups is 2. The molecule has 3 heterocycles. The van der Waals surface area contributed by atoms with E-state index in [-0.39, 0.29) is 24.5 Å². The largest absolute Gasteiger partial charge is 0.474 e. The van der Waals surface area contributed by atoms with Crippen LogP contribution in [0.15, 0.2) is 53.3 Å². The number of alkyl halides is 6. The summed E-state index contributed by atoms with van der Waals surface area (Å²) in [6.07, 6.45) is -2.34. The van der Waals surface area contributed by atoms with E-state index in [1.807, 2.05) is 5.32 Å². The van der Waals surface area contributed by atoms with Gasteiger partial charge >= 0.3 is 12.4 Å². The summed E-state index contributed by atoms with van der Waals surface area (Å²) in [6.45, 7) is -0.141. The first-order valence-electron chi connectivity index (χ1n) is 10.7. The van der Waals surface area contributed by atoms with Crippen LogP contribution in [0, 0.1) is 5.92 Å². The van der Waals surface area contributed by atoms with Crippen molar-refractivity contribution >= 4 is 29.4 Å². The number of ether oxygens (including phenoxy) is 2. The Kier molecular flexibility index (Phi) is 7.22. The van der Waals surface area contributed by atoms with Gasteiger partial charge in [0.1, 0.15) is 12.3 Å². The zero-order valence-electron chi connectivity index (χ0n) is 19.3. The van der Waals surface area contributed by atoms with Crippen LogP contribution in [0.1, 0.15) is 21.6 Å². The van der Waals surface area contributed by atoms with Crippen molar-refractivity contribution in [1.82, 2.24) is 14.8 Å². The maximum atomic E-state index is 14.2. The second-order valence-electron chi connectivity index (χ2n) is 7.84. The van der Waals surface area contributed by atoms with Crippen LogP contribution in [-0.4, -0.2) is 53.1 Å². The lowest BCUT2D eigenvalue weighted by atomic mass is 9.89. The average molecular weight is 541 g/mol. The number of amides is 2. The van der Waals surface area contributed by atoms with Crippen molar-refractivity contribution in [3.63, 3.8) is 0 Å². The summed E-state index contributed by atoms with van der Waals surface area (Å²) in [5, 5.41) is 5.73. The van der Waals surface area contributed by atoms with Crippen molar-refractivity contribution in [2.24, 2.45) is 10.9 Å². The molecule has 0 spiro atoms. The Balaban J connectivity index is 1.74. The van der Waals surface area contributed by atoms with Gasteiger partial charge in [-0.2, -0.15) is 31.4 Å². The van der Waals surface area contributed by atoms with Crippen LogP contribution in [0.5, 0.6) is 5.88 Å². The molecule has 0 bridgehead atoms. The van der Waals surface area contributed by atoms with Crippen LogP contribution in [0.25, 0.3) is 5.70 Å². The van der Waals surface area contributed by atoms with Gasteiger partial charge < -0.3 is 14.8 Å². The Morgan fingerprint density at radius 3 is 2.55 bits per heavy atom. The molecule has 9 nitrogen and oxygen atoms in total.